The zero-order chi connectivity index (χ0) is 19.6. The average molecular weight is 361 g/mol. The molecule has 0 saturated heterocycles. The summed E-state index contributed by atoms with van der Waals surface area (Å²) in [7, 11) is 0. The van der Waals surface area contributed by atoms with Crippen LogP contribution in [-0.2, 0) is 0 Å². The highest BCUT2D eigenvalue weighted by atomic mass is 16.1. The van der Waals surface area contributed by atoms with Gasteiger partial charge in [0.05, 0.1) is 6.54 Å². The number of ketones is 2. The molecule has 0 aromatic heterocycles. The minimum absolute atomic E-state index is 0. The molecular formula is C20H31N3O3. The molecule has 0 aliphatic heterocycles. The van der Waals surface area contributed by atoms with Crippen molar-refractivity contribution in [3.05, 3.63) is 69.8 Å². The standard InChI is InChI=1S/C10H13NO.C10H12O.H4N2.H2O/c1-7-3-4-9(8(2)5-7)10(12)6-11;1-7-4-5-10(9(3)11)8(2)6-7;1-2;/h3-5H,6,11H2,1-2H3;4-6H,1-3H3;1-2H2;1H2. The van der Waals surface area contributed by atoms with Gasteiger partial charge in [-0.3, -0.25) is 21.3 Å². The van der Waals surface area contributed by atoms with Crippen LogP contribution in [0.3, 0.4) is 0 Å². The number of benzene rings is 2. The fourth-order valence-corrected chi connectivity index (χ4v) is 2.45. The van der Waals surface area contributed by atoms with Gasteiger partial charge in [-0.1, -0.05) is 47.5 Å². The minimum atomic E-state index is 0. The summed E-state index contributed by atoms with van der Waals surface area (Å²) < 4.78 is 0. The van der Waals surface area contributed by atoms with Gasteiger partial charge in [0.1, 0.15) is 0 Å². The quantitative estimate of drug-likeness (QED) is 0.435. The van der Waals surface area contributed by atoms with E-state index < -0.39 is 0 Å². The second kappa shape index (κ2) is 12.9. The van der Waals surface area contributed by atoms with Gasteiger partial charge in [-0.15, -0.1) is 0 Å². The number of Topliss-reactive ketones (excluding diaryl/α,β-unsaturated/α-hetero) is 2. The molecule has 0 amide bonds. The molecule has 26 heavy (non-hydrogen) atoms. The molecule has 0 aliphatic rings. The maximum atomic E-state index is 11.2. The Bertz CT molecular complexity index is 728. The van der Waals surface area contributed by atoms with Gasteiger partial charge in [-0.25, -0.2) is 0 Å². The normalized spacial score (nSPS) is 8.92. The van der Waals surface area contributed by atoms with E-state index >= 15 is 0 Å². The SMILES string of the molecule is CC(=O)c1ccc(C)cc1C.Cc1ccc(C(=O)CN)c(C)c1.NN.O. The minimum Gasteiger partial charge on any atom is -0.412 e. The molecule has 0 heterocycles. The first-order valence-corrected chi connectivity index (χ1v) is 7.98. The summed E-state index contributed by atoms with van der Waals surface area (Å²) in [6.07, 6.45) is 0. The number of carbonyl (C=O) groups excluding carboxylic acids is 2. The van der Waals surface area contributed by atoms with Crippen molar-refractivity contribution in [1.82, 2.24) is 0 Å². The van der Waals surface area contributed by atoms with Gasteiger partial charge in [-0.05, 0) is 45.7 Å². The van der Waals surface area contributed by atoms with Crippen molar-refractivity contribution in [3.8, 4) is 0 Å². The molecule has 6 nitrogen and oxygen atoms in total. The Morgan fingerprint density at radius 3 is 1.50 bits per heavy atom. The van der Waals surface area contributed by atoms with E-state index in [0.29, 0.717) is 0 Å². The van der Waals surface area contributed by atoms with Crippen molar-refractivity contribution in [3.63, 3.8) is 0 Å². The van der Waals surface area contributed by atoms with Gasteiger partial charge in [0, 0.05) is 11.1 Å². The Kier molecular flexibility index (Phi) is 12.8. The molecule has 144 valence electrons. The summed E-state index contributed by atoms with van der Waals surface area (Å²) in [5.74, 6) is 8.15. The van der Waals surface area contributed by atoms with Crippen LogP contribution in [0.5, 0.6) is 0 Å². The predicted octanol–water partition coefficient (Wildman–Crippen LogP) is 1.94. The van der Waals surface area contributed by atoms with E-state index in [0.717, 1.165) is 22.3 Å². The van der Waals surface area contributed by atoms with Gasteiger partial charge < -0.3 is 11.2 Å². The summed E-state index contributed by atoms with van der Waals surface area (Å²) in [6, 6.07) is 11.6. The zero-order valence-electron chi connectivity index (χ0n) is 16.2. The Morgan fingerprint density at radius 1 is 0.808 bits per heavy atom. The fourth-order valence-electron chi connectivity index (χ4n) is 2.45. The first-order chi connectivity index (χ1) is 11.8. The molecular weight excluding hydrogens is 330 g/mol. The maximum absolute atomic E-state index is 11.2. The van der Waals surface area contributed by atoms with Crippen molar-refractivity contribution in [2.75, 3.05) is 6.54 Å². The number of aryl methyl sites for hydroxylation is 4. The molecule has 0 aliphatic carbocycles. The molecule has 0 saturated carbocycles. The summed E-state index contributed by atoms with van der Waals surface area (Å²) in [6.45, 7) is 9.60. The first kappa shape index (κ1) is 25.9. The molecule has 0 spiro atoms. The molecule has 0 unspecified atom stereocenters. The summed E-state index contributed by atoms with van der Waals surface area (Å²) >= 11 is 0. The van der Waals surface area contributed by atoms with E-state index in [2.05, 4.69) is 11.7 Å². The van der Waals surface area contributed by atoms with E-state index in [1.165, 1.54) is 11.1 Å². The predicted molar refractivity (Wildman–Crippen MR) is 107 cm³/mol. The monoisotopic (exact) mass is 361 g/mol. The molecule has 2 rings (SSSR count). The van der Waals surface area contributed by atoms with E-state index in [9.17, 15) is 9.59 Å². The van der Waals surface area contributed by atoms with Crippen LogP contribution in [0.15, 0.2) is 36.4 Å². The van der Waals surface area contributed by atoms with Crippen molar-refractivity contribution in [2.45, 2.75) is 34.6 Å². The van der Waals surface area contributed by atoms with E-state index in [1.54, 1.807) is 6.92 Å². The third-order valence-corrected chi connectivity index (χ3v) is 3.63. The lowest BCUT2D eigenvalue weighted by molar-refractivity contribution is 0.0996. The second-order valence-corrected chi connectivity index (χ2v) is 5.82. The van der Waals surface area contributed by atoms with Gasteiger partial charge in [0.25, 0.3) is 0 Å². The third-order valence-electron chi connectivity index (χ3n) is 3.63. The van der Waals surface area contributed by atoms with Crippen LogP contribution in [0.2, 0.25) is 0 Å². The second-order valence-electron chi connectivity index (χ2n) is 5.82. The van der Waals surface area contributed by atoms with E-state index in [-0.39, 0.29) is 23.6 Å². The van der Waals surface area contributed by atoms with Crippen molar-refractivity contribution in [1.29, 1.82) is 0 Å². The molecule has 6 heteroatoms. The van der Waals surface area contributed by atoms with Crippen molar-refractivity contribution >= 4 is 11.6 Å². The highest BCUT2D eigenvalue weighted by Gasteiger charge is 2.05. The van der Waals surface area contributed by atoms with Crippen molar-refractivity contribution in [2.24, 2.45) is 17.4 Å². The summed E-state index contributed by atoms with van der Waals surface area (Å²) in [5, 5.41) is 0. The van der Waals surface area contributed by atoms with Gasteiger partial charge in [-0.2, -0.15) is 0 Å². The molecule has 0 fully saturated rings. The average Bonchev–Trinajstić information content (AvgIpc) is 2.56. The van der Waals surface area contributed by atoms with Crippen molar-refractivity contribution < 1.29 is 15.1 Å². The number of nitrogens with two attached hydrogens (primary N) is 3. The Hall–Kier alpha value is -2.38. The fraction of sp³-hybridized carbons (Fsp3) is 0.300. The highest BCUT2D eigenvalue weighted by molar-refractivity contribution is 5.98. The van der Waals surface area contributed by atoms with Crippen LogP contribution >= 0.6 is 0 Å². The van der Waals surface area contributed by atoms with Crippen LogP contribution in [0, 0.1) is 27.7 Å². The molecule has 0 atom stereocenters. The van der Waals surface area contributed by atoms with Crippen LogP contribution in [-0.4, -0.2) is 23.6 Å². The molecule has 2 aromatic rings. The van der Waals surface area contributed by atoms with Gasteiger partial charge in [0.15, 0.2) is 11.6 Å². The largest absolute Gasteiger partial charge is 0.412 e. The zero-order valence-corrected chi connectivity index (χ0v) is 16.2. The van der Waals surface area contributed by atoms with Crippen LogP contribution in [0.4, 0.5) is 0 Å². The third kappa shape index (κ3) is 8.13. The maximum Gasteiger partial charge on any atom is 0.176 e. The van der Waals surface area contributed by atoms with E-state index in [1.807, 2.05) is 64.1 Å². The lowest BCUT2D eigenvalue weighted by Gasteiger charge is -2.03. The summed E-state index contributed by atoms with van der Waals surface area (Å²) in [5.41, 5.74) is 11.3. The number of hydrogen-bond donors (Lipinski definition) is 3. The molecule has 8 N–H and O–H groups in total. The van der Waals surface area contributed by atoms with Crippen LogP contribution in [0.1, 0.15) is 49.9 Å². The Labute approximate surface area is 155 Å². The molecule has 0 bridgehead atoms. The Balaban J connectivity index is 0. The first-order valence-electron chi connectivity index (χ1n) is 7.98. The number of carbonyl (C=O) groups is 2. The lowest BCUT2D eigenvalue weighted by Crippen LogP contribution is -2.14. The van der Waals surface area contributed by atoms with Gasteiger partial charge >= 0.3 is 0 Å². The number of rotatable bonds is 3. The number of hydrazine groups is 1. The topological polar surface area (TPSA) is 144 Å². The summed E-state index contributed by atoms with van der Waals surface area (Å²) in [4.78, 5) is 22.2. The van der Waals surface area contributed by atoms with Gasteiger partial charge in [0.2, 0.25) is 0 Å². The highest BCUT2D eigenvalue weighted by Crippen LogP contribution is 2.11. The lowest BCUT2D eigenvalue weighted by atomic mass is 10.0. The van der Waals surface area contributed by atoms with Crippen LogP contribution in [0.25, 0.3) is 0 Å². The van der Waals surface area contributed by atoms with E-state index in [4.69, 9.17) is 5.73 Å². The Morgan fingerprint density at radius 2 is 1.19 bits per heavy atom. The molecule has 0 radical (unpaired) electrons. The molecule has 2 aromatic carbocycles. The van der Waals surface area contributed by atoms with Crippen LogP contribution < -0.4 is 17.4 Å². The smallest absolute Gasteiger partial charge is 0.176 e. The number of hydrogen-bond acceptors (Lipinski definition) is 5.